The first-order valence-electron chi connectivity index (χ1n) is 7.86. The lowest BCUT2D eigenvalue weighted by Gasteiger charge is -2.12. The number of nitrogens with one attached hydrogen (secondary N) is 1. The normalized spacial score (nSPS) is 10.5. The van der Waals surface area contributed by atoms with Gasteiger partial charge >= 0.3 is 0 Å². The summed E-state index contributed by atoms with van der Waals surface area (Å²) in [6.07, 6.45) is 1.39. The fraction of sp³-hybridized carbons (Fsp3) is 0.158. The van der Waals surface area contributed by atoms with Crippen LogP contribution in [0.2, 0.25) is 0 Å². The summed E-state index contributed by atoms with van der Waals surface area (Å²) in [5.74, 6) is 1.17. The molecule has 0 saturated heterocycles. The average Bonchev–Trinajstić information content (AvgIpc) is 2.56. The Morgan fingerprint density at radius 2 is 1.72 bits per heavy atom. The molecule has 0 unspecified atom stereocenters. The minimum Gasteiger partial charge on any atom is -0.437 e. The van der Waals surface area contributed by atoms with Crippen molar-refractivity contribution < 1.29 is 9.13 Å². The summed E-state index contributed by atoms with van der Waals surface area (Å²) in [6.45, 7) is 4.46. The predicted molar refractivity (Wildman–Crippen MR) is 96.2 cm³/mol. The van der Waals surface area contributed by atoms with E-state index in [1.807, 2.05) is 26.0 Å². The number of nitrogens with zero attached hydrogens (tertiary/aromatic N) is 2. The number of ether oxygens (including phenoxy) is 1. The van der Waals surface area contributed by atoms with Crippen LogP contribution in [-0.2, 0) is 6.54 Å². The number of rotatable bonds is 5. The molecule has 0 aliphatic rings. The second kappa shape index (κ2) is 7.17. The quantitative estimate of drug-likeness (QED) is 0.729. The standard InChI is InChI=1S/C19H19FN4O/c1-12-7-13(2)9-16(8-12)25-19-17(21)18(23-11-24-19)22-10-14-3-5-15(20)6-4-14/h3-9,11H,10,21H2,1-2H3,(H,22,23,24). The van der Waals surface area contributed by atoms with Crippen LogP contribution in [-0.4, -0.2) is 9.97 Å². The average molecular weight is 338 g/mol. The van der Waals surface area contributed by atoms with Crippen LogP contribution in [0.15, 0.2) is 48.8 Å². The fourth-order valence-corrected chi connectivity index (χ4v) is 2.49. The molecule has 0 atom stereocenters. The van der Waals surface area contributed by atoms with E-state index in [1.54, 1.807) is 12.1 Å². The third-order valence-electron chi connectivity index (χ3n) is 3.63. The monoisotopic (exact) mass is 338 g/mol. The highest BCUT2D eigenvalue weighted by molar-refractivity contribution is 5.67. The first-order chi connectivity index (χ1) is 12.0. The van der Waals surface area contributed by atoms with Gasteiger partial charge in [0, 0.05) is 6.54 Å². The minimum absolute atomic E-state index is 0.269. The van der Waals surface area contributed by atoms with Gasteiger partial charge in [-0.05, 0) is 54.8 Å². The molecule has 3 aromatic rings. The summed E-state index contributed by atoms with van der Waals surface area (Å²) in [5.41, 5.74) is 9.55. The lowest BCUT2D eigenvalue weighted by atomic mass is 10.1. The molecule has 1 heterocycles. The maximum atomic E-state index is 13.0. The Hall–Kier alpha value is -3.15. The van der Waals surface area contributed by atoms with E-state index < -0.39 is 0 Å². The van der Waals surface area contributed by atoms with Gasteiger partial charge in [-0.15, -0.1) is 0 Å². The molecule has 2 aromatic carbocycles. The van der Waals surface area contributed by atoms with Crippen molar-refractivity contribution >= 4 is 11.5 Å². The van der Waals surface area contributed by atoms with Crippen molar-refractivity contribution in [2.45, 2.75) is 20.4 Å². The van der Waals surface area contributed by atoms with Crippen LogP contribution in [0.1, 0.15) is 16.7 Å². The van der Waals surface area contributed by atoms with E-state index in [9.17, 15) is 4.39 Å². The van der Waals surface area contributed by atoms with Crippen LogP contribution in [0.25, 0.3) is 0 Å². The van der Waals surface area contributed by atoms with E-state index in [1.165, 1.54) is 18.5 Å². The number of nitrogens with two attached hydrogens (primary N) is 1. The van der Waals surface area contributed by atoms with Gasteiger partial charge in [0.25, 0.3) is 0 Å². The topological polar surface area (TPSA) is 73.1 Å². The van der Waals surface area contributed by atoms with Gasteiger partial charge in [0.05, 0.1) is 0 Å². The van der Waals surface area contributed by atoms with Gasteiger partial charge in [0.15, 0.2) is 5.82 Å². The molecule has 3 N–H and O–H groups in total. The van der Waals surface area contributed by atoms with Crippen molar-refractivity contribution in [2.75, 3.05) is 11.1 Å². The summed E-state index contributed by atoms with van der Waals surface area (Å²) in [5, 5.41) is 3.12. The number of hydrogen-bond acceptors (Lipinski definition) is 5. The van der Waals surface area contributed by atoms with Crippen LogP contribution in [0.4, 0.5) is 15.9 Å². The lowest BCUT2D eigenvalue weighted by molar-refractivity contribution is 0.464. The summed E-state index contributed by atoms with van der Waals surface area (Å²) in [4.78, 5) is 8.26. The van der Waals surface area contributed by atoms with E-state index in [0.29, 0.717) is 29.7 Å². The maximum Gasteiger partial charge on any atom is 0.248 e. The SMILES string of the molecule is Cc1cc(C)cc(Oc2ncnc(NCc3ccc(F)cc3)c2N)c1. The number of hydrogen-bond donors (Lipinski definition) is 2. The number of aryl methyl sites for hydroxylation is 2. The highest BCUT2D eigenvalue weighted by atomic mass is 19.1. The minimum atomic E-state index is -0.269. The van der Waals surface area contributed by atoms with Gasteiger partial charge in [-0.3, -0.25) is 0 Å². The molecule has 0 fully saturated rings. The molecule has 0 saturated carbocycles. The zero-order chi connectivity index (χ0) is 17.8. The van der Waals surface area contributed by atoms with Gasteiger partial charge < -0.3 is 15.8 Å². The van der Waals surface area contributed by atoms with Gasteiger partial charge in [-0.25, -0.2) is 9.37 Å². The first-order valence-corrected chi connectivity index (χ1v) is 7.86. The van der Waals surface area contributed by atoms with E-state index in [2.05, 4.69) is 21.4 Å². The summed E-state index contributed by atoms with van der Waals surface area (Å²) in [7, 11) is 0. The molecule has 6 heteroatoms. The van der Waals surface area contributed by atoms with Gasteiger partial charge in [0.1, 0.15) is 23.6 Å². The van der Waals surface area contributed by atoms with E-state index in [-0.39, 0.29) is 5.82 Å². The molecule has 0 spiro atoms. The lowest BCUT2D eigenvalue weighted by Crippen LogP contribution is -2.06. The molecule has 3 rings (SSSR count). The molecule has 0 amide bonds. The Labute approximate surface area is 145 Å². The van der Waals surface area contributed by atoms with Crippen LogP contribution < -0.4 is 15.8 Å². The van der Waals surface area contributed by atoms with Gasteiger partial charge in [-0.1, -0.05) is 18.2 Å². The van der Waals surface area contributed by atoms with Gasteiger partial charge in [-0.2, -0.15) is 4.98 Å². The largest absolute Gasteiger partial charge is 0.437 e. The zero-order valence-corrected chi connectivity index (χ0v) is 14.1. The molecular weight excluding hydrogens is 319 g/mol. The summed E-state index contributed by atoms with van der Waals surface area (Å²) < 4.78 is 18.8. The van der Waals surface area contributed by atoms with Crippen molar-refractivity contribution in [3.63, 3.8) is 0 Å². The van der Waals surface area contributed by atoms with Crippen molar-refractivity contribution in [3.05, 3.63) is 71.3 Å². The molecule has 0 radical (unpaired) electrons. The fourth-order valence-electron chi connectivity index (χ4n) is 2.49. The van der Waals surface area contributed by atoms with E-state index in [4.69, 9.17) is 10.5 Å². The molecule has 0 aliphatic heterocycles. The van der Waals surface area contributed by atoms with Crippen molar-refractivity contribution in [1.29, 1.82) is 0 Å². The summed E-state index contributed by atoms with van der Waals surface area (Å²) in [6, 6.07) is 12.1. The Morgan fingerprint density at radius 1 is 1.04 bits per heavy atom. The molecule has 128 valence electrons. The number of nitrogen functional groups attached to an aromatic ring is 1. The van der Waals surface area contributed by atoms with Crippen LogP contribution in [0, 0.1) is 19.7 Å². The van der Waals surface area contributed by atoms with Crippen molar-refractivity contribution in [1.82, 2.24) is 9.97 Å². The van der Waals surface area contributed by atoms with Crippen LogP contribution in [0.5, 0.6) is 11.6 Å². The Morgan fingerprint density at radius 3 is 2.40 bits per heavy atom. The Bertz CT molecular complexity index is 861. The Balaban J connectivity index is 1.76. The molecule has 0 bridgehead atoms. The third kappa shape index (κ3) is 4.23. The molecule has 5 nitrogen and oxygen atoms in total. The van der Waals surface area contributed by atoms with Crippen molar-refractivity contribution in [2.24, 2.45) is 0 Å². The van der Waals surface area contributed by atoms with E-state index >= 15 is 0 Å². The summed E-state index contributed by atoms with van der Waals surface area (Å²) >= 11 is 0. The molecule has 1 aromatic heterocycles. The molecular formula is C19H19FN4O. The predicted octanol–water partition coefficient (Wildman–Crippen LogP) is 4.22. The second-order valence-corrected chi connectivity index (χ2v) is 5.85. The highest BCUT2D eigenvalue weighted by Gasteiger charge is 2.11. The molecule has 25 heavy (non-hydrogen) atoms. The Kier molecular flexibility index (Phi) is 4.79. The second-order valence-electron chi connectivity index (χ2n) is 5.85. The third-order valence-corrected chi connectivity index (χ3v) is 3.63. The number of benzene rings is 2. The molecule has 0 aliphatic carbocycles. The van der Waals surface area contributed by atoms with Crippen LogP contribution >= 0.6 is 0 Å². The highest BCUT2D eigenvalue weighted by Crippen LogP contribution is 2.30. The van der Waals surface area contributed by atoms with Gasteiger partial charge in [0.2, 0.25) is 5.88 Å². The van der Waals surface area contributed by atoms with Crippen molar-refractivity contribution in [3.8, 4) is 11.6 Å². The smallest absolute Gasteiger partial charge is 0.248 e. The number of anilines is 2. The number of halogens is 1. The van der Waals surface area contributed by atoms with E-state index in [0.717, 1.165) is 16.7 Å². The number of aromatic nitrogens is 2. The van der Waals surface area contributed by atoms with Crippen LogP contribution in [0.3, 0.4) is 0 Å². The zero-order valence-electron chi connectivity index (χ0n) is 14.1. The maximum absolute atomic E-state index is 13.0. The first kappa shape index (κ1) is 16.7.